The zero-order chi connectivity index (χ0) is 14.3. The van der Waals surface area contributed by atoms with Crippen LogP contribution in [0.4, 0.5) is 0 Å². The van der Waals surface area contributed by atoms with E-state index in [2.05, 4.69) is 13.8 Å². The minimum Gasteiger partial charge on any atom is -0.273 e. The number of hydrogen-bond donors (Lipinski definition) is 0. The smallest absolute Gasteiger partial charge is 0.263 e. The first-order valence-electron chi connectivity index (χ1n) is 6.51. The lowest BCUT2D eigenvalue weighted by Crippen LogP contribution is -2.35. The lowest BCUT2D eigenvalue weighted by atomic mass is 9.81. The highest BCUT2D eigenvalue weighted by Gasteiger charge is 2.31. The number of rotatable bonds is 2. The monoisotopic (exact) mass is 279 g/mol. The lowest BCUT2D eigenvalue weighted by molar-refractivity contribution is 0.327. The molecular weight excluding hydrogens is 258 g/mol. The van der Waals surface area contributed by atoms with Crippen molar-refractivity contribution in [3.05, 3.63) is 41.6 Å². The van der Waals surface area contributed by atoms with Gasteiger partial charge in [0.2, 0.25) is 0 Å². The van der Waals surface area contributed by atoms with Crippen molar-refractivity contribution in [2.75, 3.05) is 6.54 Å². The second-order valence-corrected chi connectivity index (χ2v) is 7.77. The normalized spacial score (nSPS) is 19.2. The van der Waals surface area contributed by atoms with Crippen molar-refractivity contribution in [3.8, 4) is 0 Å². The number of hydrogen-bond acceptors (Lipinski definition) is 2. The van der Waals surface area contributed by atoms with E-state index in [1.54, 1.807) is 18.3 Å². The van der Waals surface area contributed by atoms with Crippen molar-refractivity contribution >= 4 is 10.0 Å². The Hall–Kier alpha value is -1.29. The highest BCUT2D eigenvalue weighted by molar-refractivity contribution is 7.89. The molecule has 1 heterocycles. The van der Waals surface area contributed by atoms with E-state index in [0.717, 1.165) is 17.6 Å². The maximum atomic E-state index is 12.5. The molecule has 1 aromatic rings. The van der Waals surface area contributed by atoms with Crippen molar-refractivity contribution in [2.45, 2.75) is 39.0 Å². The SMILES string of the molecule is CC1=CN(S(=O)(=O)c2ccc(C)cc2)CCC1(C)C. The van der Waals surface area contributed by atoms with Gasteiger partial charge >= 0.3 is 0 Å². The molecule has 0 amide bonds. The molecule has 3 nitrogen and oxygen atoms in total. The topological polar surface area (TPSA) is 37.4 Å². The molecule has 2 rings (SSSR count). The molecule has 0 bridgehead atoms. The van der Waals surface area contributed by atoms with Crippen LogP contribution < -0.4 is 0 Å². The third-order valence-electron chi connectivity index (χ3n) is 3.99. The largest absolute Gasteiger partial charge is 0.273 e. The van der Waals surface area contributed by atoms with E-state index in [1.165, 1.54) is 4.31 Å². The van der Waals surface area contributed by atoms with Crippen molar-refractivity contribution in [3.63, 3.8) is 0 Å². The van der Waals surface area contributed by atoms with Crippen LogP contribution >= 0.6 is 0 Å². The maximum absolute atomic E-state index is 12.5. The first kappa shape index (κ1) is 14.1. The zero-order valence-corrected chi connectivity index (χ0v) is 12.8. The standard InChI is InChI=1S/C15H21NO2S/c1-12-5-7-14(8-6-12)19(17,18)16-10-9-15(3,4)13(2)11-16/h5-8,11H,9-10H2,1-4H3. The van der Waals surface area contributed by atoms with Crippen LogP contribution in [-0.4, -0.2) is 19.3 Å². The molecule has 0 unspecified atom stereocenters. The molecule has 4 heteroatoms. The third kappa shape index (κ3) is 2.68. The Morgan fingerprint density at radius 2 is 1.68 bits per heavy atom. The molecule has 0 aliphatic carbocycles. The Bertz CT molecular complexity index is 598. The van der Waals surface area contributed by atoms with Gasteiger partial charge in [-0.25, -0.2) is 8.42 Å². The molecule has 0 radical (unpaired) electrons. The highest BCUT2D eigenvalue weighted by Crippen LogP contribution is 2.35. The van der Waals surface area contributed by atoms with E-state index < -0.39 is 10.0 Å². The lowest BCUT2D eigenvalue weighted by Gasteiger charge is -2.35. The molecule has 0 fully saturated rings. The van der Waals surface area contributed by atoms with E-state index in [0.29, 0.717) is 11.4 Å². The molecule has 0 aromatic heterocycles. The summed E-state index contributed by atoms with van der Waals surface area (Å²) in [4.78, 5) is 0.363. The second kappa shape index (κ2) is 4.67. The van der Waals surface area contributed by atoms with Crippen LogP contribution in [0.2, 0.25) is 0 Å². The summed E-state index contributed by atoms with van der Waals surface area (Å²) in [6, 6.07) is 7.01. The van der Waals surface area contributed by atoms with Gasteiger partial charge in [-0.1, -0.05) is 37.1 Å². The maximum Gasteiger partial charge on any atom is 0.263 e. The predicted octanol–water partition coefficient (Wildman–Crippen LogP) is 3.32. The van der Waals surface area contributed by atoms with Crippen LogP contribution in [0.25, 0.3) is 0 Å². The highest BCUT2D eigenvalue weighted by atomic mass is 32.2. The minimum absolute atomic E-state index is 0.0826. The molecule has 1 aliphatic heterocycles. The predicted molar refractivity (Wildman–Crippen MR) is 77.2 cm³/mol. The van der Waals surface area contributed by atoms with Gasteiger partial charge < -0.3 is 0 Å². The van der Waals surface area contributed by atoms with Gasteiger partial charge in [0.1, 0.15) is 0 Å². The average Bonchev–Trinajstić information content (AvgIpc) is 2.33. The van der Waals surface area contributed by atoms with Crippen LogP contribution in [0.5, 0.6) is 0 Å². The number of sulfonamides is 1. The summed E-state index contributed by atoms with van der Waals surface area (Å²) in [6.45, 7) is 8.78. The number of benzene rings is 1. The van der Waals surface area contributed by atoms with Gasteiger partial charge in [-0.2, -0.15) is 0 Å². The van der Waals surface area contributed by atoms with Crippen LogP contribution in [-0.2, 0) is 10.0 Å². The summed E-state index contributed by atoms with van der Waals surface area (Å²) < 4.78 is 26.5. The van der Waals surface area contributed by atoms with Crippen LogP contribution in [0.3, 0.4) is 0 Å². The van der Waals surface area contributed by atoms with Gasteiger partial charge in [-0.3, -0.25) is 4.31 Å². The van der Waals surface area contributed by atoms with Gasteiger partial charge in [-0.15, -0.1) is 0 Å². The fraction of sp³-hybridized carbons (Fsp3) is 0.467. The van der Waals surface area contributed by atoms with Gasteiger partial charge in [-0.05, 0) is 37.8 Å². The molecule has 0 N–H and O–H groups in total. The molecule has 104 valence electrons. The van der Waals surface area contributed by atoms with E-state index in [9.17, 15) is 8.42 Å². The van der Waals surface area contributed by atoms with Gasteiger partial charge in [0.15, 0.2) is 0 Å². The van der Waals surface area contributed by atoms with E-state index in [1.807, 2.05) is 26.0 Å². The second-order valence-electron chi connectivity index (χ2n) is 5.87. The van der Waals surface area contributed by atoms with E-state index >= 15 is 0 Å². The van der Waals surface area contributed by atoms with E-state index in [4.69, 9.17) is 0 Å². The molecule has 1 aliphatic rings. The summed E-state index contributed by atoms with van der Waals surface area (Å²) in [5, 5.41) is 0. The Balaban J connectivity index is 2.37. The molecule has 19 heavy (non-hydrogen) atoms. The van der Waals surface area contributed by atoms with Gasteiger partial charge in [0.25, 0.3) is 10.0 Å². The summed E-state index contributed by atoms with van der Waals surface area (Å²) in [5.41, 5.74) is 2.25. The molecule has 1 aromatic carbocycles. The van der Waals surface area contributed by atoms with Crippen LogP contribution in [0.1, 0.15) is 32.8 Å². The molecule has 0 spiro atoms. The Morgan fingerprint density at radius 1 is 1.11 bits per heavy atom. The van der Waals surface area contributed by atoms with Crippen LogP contribution in [0.15, 0.2) is 40.9 Å². The summed E-state index contributed by atoms with van der Waals surface area (Å²) in [5.74, 6) is 0. The van der Waals surface area contributed by atoms with Gasteiger partial charge in [0.05, 0.1) is 4.90 Å². The Morgan fingerprint density at radius 3 is 2.21 bits per heavy atom. The molecular formula is C15H21NO2S. The number of nitrogens with zero attached hydrogens (tertiary/aromatic N) is 1. The van der Waals surface area contributed by atoms with Gasteiger partial charge in [0, 0.05) is 12.7 Å². The molecule has 0 atom stereocenters. The average molecular weight is 279 g/mol. The van der Waals surface area contributed by atoms with Crippen molar-refractivity contribution in [1.82, 2.24) is 4.31 Å². The summed E-state index contributed by atoms with van der Waals surface area (Å²) in [7, 11) is -3.40. The van der Waals surface area contributed by atoms with Crippen molar-refractivity contribution in [1.29, 1.82) is 0 Å². The first-order chi connectivity index (χ1) is 8.73. The zero-order valence-electron chi connectivity index (χ0n) is 12.0. The number of aryl methyl sites for hydroxylation is 1. The van der Waals surface area contributed by atoms with Crippen molar-refractivity contribution in [2.24, 2.45) is 5.41 Å². The summed E-state index contributed by atoms with van der Waals surface area (Å²) >= 11 is 0. The Kier molecular flexibility index (Phi) is 3.47. The minimum atomic E-state index is -3.40. The third-order valence-corrected chi connectivity index (χ3v) is 5.76. The summed E-state index contributed by atoms with van der Waals surface area (Å²) in [6.07, 6.45) is 2.62. The molecule has 0 saturated heterocycles. The van der Waals surface area contributed by atoms with E-state index in [-0.39, 0.29) is 5.41 Å². The fourth-order valence-corrected chi connectivity index (χ4v) is 3.46. The first-order valence-corrected chi connectivity index (χ1v) is 7.95. The number of allylic oxidation sites excluding steroid dienone is 1. The fourth-order valence-electron chi connectivity index (χ4n) is 2.08. The Labute approximate surface area is 116 Å². The molecule has 0 saturated carbocycles. The van der Waals surface area contributed by atoms with Crippen LogP contribution in [0, 0.1) is 12.3 Å². The quantitative estimate of drug-likeness (QED) is 0.833. The van der Waals surface area contributed by atoms with Crippen molar-refractivity contribution < 1.29 is 8.42 Å².